The Bertz CT molecular complexity index is 503. The number of aromatic nitrogens is 2. The molecule has 7 nitrogen and oxygen atoms in total. The summed E-state index contributed by atoms with van der Waals surface area (Å²) in [6, 6.07) is 2.00. The molecule has 1 atom stereocenters. The Hall–Kier alpha value is -0.860. The standard InChI is InChI=1S/C16H27N5O2.2ClH/c1-14(13-20-9-11-23-12-10-20)19-15(22)16(3-6-17-7-4-16)21-8-2-5-18-21;;/h2,5,8,14,17H,3-4,6-7,9-13H2,1H3,(H,19,22);2*1H. The van der Waals surface area contributed by atoms with Gasteiger partial charge in [0.15, 0.2) is 0 Å². The summed E-state index contributed by atoms with van der Waals surface area (Å²) in [5.41, 5.74) is -0.561. The molecule has 2 fully saturated rings. The molecular weight excluding hydrogens is 365 g/mol. The highest BCUT2D eigenvalue weighted by Gasteiger charge is 2.42. The van der Waals surface area contributed by atoms with Crippen molar-refractivity contribution in [1.29, 1.82) is 0 Å². The van der Waals surface area contributed by atoms with E-state index in [2.05, 4.69) is 27.6 Å². The van der Waals surface area contributed by atoms with Gasteiger partial charge in [-0.3, -0.25) is 14.4 Å². The summed E-state index contributed by atoms with van der Waals surface area (Å²) < 4.78 is 7.21. The molecule has 0 spiro atoms. The molecule has 1 aromatic heterocycles. The molecule has 2 aliphatic rings. The van der Waals surface area contributed by atoms with Crippen molar-refractivity contribution >= 4 is 30.7 Å². The smallest absolute Gasteiger partial charge is 0.248 e. The predicted octanol–water partition coefficient (Wildman–Crippen LogP) is 0.642. The summed E-state index contributed by atoms with van der Waals surface area (Å²) in [5, 5.41) is 10.9. The Kier molecular flexibility index (Phi) is 9.16. The number of morpholine rings is 1. The van der Waals surface area contributed by atoms with E-state index in [0.717, 1.165) is 58.8 Å². The lowest BCUT2D eigenvalue weighted by atomic mass is 9.87. The van der Waals surface area contributed by atoms with Crippen LogP contribution in [0.2, 0.25) is 0 Å². The highest BCUT2D eigenvalue weighted by Crippen LogP contribution is 2.27. The minimum atomic E-state index is -0.561. The first-order chi connectivity index (χ1) is 11.2. The van der Waals surface area contributed by atoms with Crippen LogP contribution in [0.25, 0.3) is 0 Å². The van der Waals surface area contributed by atoms with Crippen molar-refractivity contribution in [2.24, 2.45) is 0 Å². The van der Waals surface area contributed by atoms with Gasteiger partial charge < -0.3 is 15.4 Å². The number of piperidine rings is 1. The Labute approximate surface area is 161 Å². The Morgan fingerprint density at radius 2 is 2.00 bits per heavy atom. The van der Waals surface area contributed by atoms with Crippen LogP contribution < -0.4 is 10.6 Å². The van der Waals surface area contributed by atoms with Gasteiger partial charge in [-0.2, -0.15) is 5.10 Å². The third kappa shape index (κ3) is 5.31. The zero-order chi connectivity index (χ0) is 16.1. The van der Waals surface area contributed by atoms with Gasteiger partial charge in [-0.1, -0.05) is 0 Å². The van der Waals surface area contributed by atoms with E-state index in [1.807, 2.05) is 16.9 Å². The van der Waals surface area contributed by atoms with Gasteiger partial charge in [-0.05, 0) is 38.9 Å². The highest BCUT2D eigenvalue weighted by molar-refractivity contribution is 5.86. The fraction of sp³-hybridized carbons (Fsp3) is 0.750. The summed E-state index contributed by atoms with van der Waals surface area (Å²) in [6.45, 7) is 8.06. The largest absolute Gasteiger partial charge is 0.379 e. The highest BCUT2D eigenvalue weighted by atomic mass is 35.5. The molecule has 2 N–H and O–H groups in total. The van der Waals surface area contributed by atoms with Crippen LogP contribution in [0.5, 0.6) is 0 Å². The average Bonchev–Trinajstić information content (AvgIpc) is 3.11. The monoisotopic (exact) mass is 393 g/mol. The van der Waals surface area contributed by atoms with Crippen LogP contribution >= 0.6 is 24.8 Å². The molecule has 144 valence electrons. The van der Waals surface area contributed by atoms with Crippen molar-refractivity contribution < 1.29 is 9.53 Å². The fourth-order valence-electron chi connectivity index (χ4n) is 3.50. The first-order valence-corrected chi connectivity index (χ1v) is 8.53. The van der Waals surface area contributed by atoms with E-state index in [1.165, 1.54) is 0 Å². The summed E-state index contributed by atoms with van der Waals surface area (Å²) in [6.07, 6.45) is 5.18. The van der Waals surface area contributed by atoms with Crippen LogP contribution in [0.15, 0.2) is 18.5 Å². The molecule has 0 bridgehead atoms. The summed E-state index contributed by atoms with van der Waals surface area (Å²) >= 11 is 0. The van der Waals surface area contributed by atoms with Gasteiger partial charge in [0.1, 0.15) is 5.54 Å². The second-order valence-corrected chi connectivity index (χ2v) is 6.52. The lowest BCUT2D eigenvalue weighted by Gasteiger charge is -2.38. The number of nitrogens with zero attached hydrogens (tertiary/aromatic N) is 3. The Balaban J connectivity index is 0.00000156. The van der Waals surface area contributed by atoms with Gasteiger partial charge in [0.05, 0.1) is 13.2 Å². The molecule has 1 amide bonds. The number of hydrogen-bond donors (Lipinski definition) is 2. The maximum Gasteiger partial charge on any atom is 0.248 e. The van der Waals surface area contributed by atoms with E-state index in [4.69, 9.17) is 4.74 Å². The van der Waals surface area contributed by atoms with Crippen molar-refractivity contribution in [3.05, 3.63) is 18.5 Å². The molecular formula is C16H29Cl2N5O2. The zero-order valence-electron chi connectivity index (χ0n) is 14.6. The number of halogens is 2. The number of amides is 1. The average molecular weight is 394 g/mol. The summed E-state index contributed by atoms with van der Waals surface area (Å²) in [7, 11) is 0. The van der Waals surface area contributed by atoms with Crippen LogP contribution in [0.1, 0.15) is 19.8 Å². The molecule has 25 heavy (non-hydrogen) atoms. The third-order valence-electron chi connectivity index (χ3n) is 4.81. The quantitative estimate of drug-likeness (QED) is 0.767. The number of nitrogens with one attached hydrogen (secondary N) is 2. The van der Waals surface area contributed by atoms with Crippen LogP contribution in [0, 0.1) is 0 Å². The van der Waals surface area contributed by atoms with E-state index < -0.39 is 5.54 Å². The van der Waals surface area contributed by atoms with Gasteiger partial charge in [0.2, 0.25) is 5.91 Å². The molecule has 2 aliphatic heterocycles. The minimum absolute atomic E-state index is 0. The minimum Gasteiger partial charge on any atom is -0.379 e. The van der Waals surface area contributed by atoms with E-state index in [0.29, 0.717) is 0 Å². The number of hydrogen-bond acceptors (Lipinski definition) is 5. The van der Waals surface area contributed by atoms with Crippen molar-refractivity contribution in [2.45, 2.75) is 31.3 Å². The maximum atomic E-state index is 13.0. The maximum absolute atomic E-state index is 13.0. The molecule has 3 rings (SSSR count). The number of carbonyl (C=O) groups is 1. The number of ether oxygens (including phenoxy) is 1. The van der Waals surface area contributed by atoms with Crippen molar-refractivity contribution in [1.82, 2.24) is 25.3 Å². The Morgan fingerprint density at radius 1 is 1.32 bits per heavy atom. The van der Waals surface area contributed by atoms with Crippen LogP contribution in [-0.2, 0) is 15.1 Å². The predicted molar refractivity (Wildman–Crippen MR) is 102 cm³/mol. The zero-order valence-corrected chi connectivity index (χ0v) is 16.3. The molecule has 0 radical (unpaired) electrons. The van der Waals surface area contributed by atoms with Crippen molar-refractivity contribution in [3.63, 3.8) is 0 Å². The van der Waals surface area contributed by atoms with Gasteiger partial charge in [-0.25, -0.2) is 0 Å². The van der Waals surface area contributed by atoms with Crippen molar-refractivity contribution in [2.75, 3.05) is 45.9 Å². The molecule has 3 heterocycles. The van der Waals surface area contributed by atoms with E-state index in [-0.39, 0.29) is 36.8 Å². The molecule has 1 aromatic rings. The summed E-state index contributed by atoms with van der Waals surface area (Å²) in [4.78, 5) is 15.4. The third-order valence-corrected chi connectivity index (χ3v) is 4.81. The first-order valence-electron chi connectivity index (χ1n) is 8.53. The normalized spacial score (nSPS) is 21.5. The first kappa shape index (κ1) is 22.2. The molecule has 2 saturated heterocycles. The molecule has 0 aromatic carbocycles. The van der Waals surface area contributed by atoms with Gasteiger partial charge in [0.25, 0.3) is 0 Å². The van der Waals surface area contributed by atoms with E-state index in [9.17, 15) is 4.79 Å². The van der Waals surface area contributed by atoms with E-state index >= 15 is 0 Å². The van der Waals surface area contributed by atoms with Gasteiger partial charge in [-0.15, -0.1) is 24.8 Å². The van der Waals surface area contributed by atoms with Crippen molar-refractivity contribution in [3.8, 4) is 0 Å². The SMILES string of the molecule is CC(CN1CCOCC1)NC(=O)C1(n2cccn2)CCNCC1.Cl.Cl. The molecule has 9 heteroatoms. The van der Waals surface area contributed by atoms with E-state index in [1.54, 1.807) is 6.20 Å². The Morgan fingerprint density at radius 3 is 2.60 bits per heavy atom. The number of carbonyl (C=O) groups excluding carboxylic acids is 1. The molecule has 0 saturated carbocycles. The van der Waals surface area contributed by atoms with Crippen LogP contribution in [0.3, 0.4) is 0 Å². The lowest BCUT2D eigenvalue weighted by molar-refractivity contribution is -0.132. The molecule has 0 aliphatic carbocycles. The number of rotatable bonds is 5. The lowest BCUT2D eigenvalue weighted by Crippen LogP contribution is -2.57. The van der Waals surface area contributed by atoms with Crippen LogP contribution in [-0.4, -0.2) is 72.6 Å². The van der Waals surface area contributed by atoms with Gasteiger partial charge >= 0.3 is 0 Å². The second-order valence-electron chi connectivity index (χ2n) is 6.52. The topological polar surface area (TPSA) is 71.4 Å². The summed E-state index contributed by atoms with van der Waals surface area (Å²) in [5.74, 6) is 0.0865. The van der Waals surface area contributed by atoms with Gasteiger partial charge in [0, 0.05) is 38.1 Å². The second kappa shape index (κ2) is 10.3. The van der Waals surface area contributed by atoms with Crippen LogP contribution in [0.4, 0.5) is 0 Å². The fourth-order valence-corrected chi connectivity index (χ4v) is 3.50. The molecule has 1 unspecified atom stereocenters.